The van der Waals surface area contributed by atoms with Gasteiger partial charge in [0.05, 0.1) is 12.9 Å². The normalized spacial score (nSPS) is 35.1. The van der Waals surface area contributed by atoms with Crippen LogP contribution in [0.4, 0.5) is 0 Å². The Balaban J connectivity index is 2.06. The van der Waals surface area contributed by atoms with Gasteiger partial charge in [-0.05, 0) is 119 Å². The molecule has 0 spiro atoms. The van der Waals surface area contributed by atoms with Crippen molar-refractivity contribution in [2.75, 3.05) is 0 Å². The molecule has 0 aromatic heterocycles. The predicted octanol–water partition coefficient (Wildman–Crippen LogP) is 10.7. The van der Waals surface area contributed by atoms with Gasteiger partial charge in [0.1, 0.15) is 0 Å². The first-order valence-electron chi connectivity index (χ1n) is 15.7. The highest BCUT2D eigenvalue weighted by molar-refractivity contribution is 7.69. The highest BCUT2D eigenvalue weighted by Crippen LogP contribution is 2.66. The van der Waals surface area contributed by atoms with E-state index in [-0.39, 0.29) is 5.41 Å². The van der Waals surface area contributed by atoms with E-state index < -0.39 is 30.6 Å². The van der Waals surface area contributed by atoms with Crippen LogP contribution in [0.2, 0.25) is 70.5 Å². The lowest BCUT2D eigenvalue weighted by molar-refractivity contribution is -0.0505. The van der Waals surface area contributed by atoms with Crippen LogP contribution in [0.1, 0.15) is 79.6 Å². The van der Waals surface area contributed by atoms with Crippen LogP contribution >= 0.6 is 0 Å². The summed E-state index contributed by atoms with van der Waals surface area (Å²) in [5.74, 6) is 4.47. The molecule has 5 aliphatic rings. The van der Waals surface area contributed by atoms with E-state index >= 15 is 0 Å². The molecule has 0 aromatic carbocycles. The van der Waals surface area contributed by atoms with E-state index in [4.69, 9.17) is 4.43 Å². The minimum atomic E-state index is -1.78. The van der Waals surface area contributed by atoms with Gasteiger partial charge in [0, 0.05) is 20.6 Å². The molecule has 4 bridgehead atoms. The zero-order valence-electron chi connectivity index (χ0n) is 27.4. The lowest BCUT2D eigenvalue weighted by atomic mass is 9.48. The van der Waals surface area contributed by atoms with E-state index in [1.807, 2.05) is 5.57 Å². The molecule has 5 heteroatoms. The quantitative estimate of drug-likeness (QED) is 0.174. The van der Waals surface area contributed by atoms with Crippen LogP contribution in [0.3, 0.4) is 0 Å². The summed E-state index contributed by atoms with van der Waals surface area (Å²) in [7, 11) is -6.27. The van der Waals surface area contributed by atoms with Gasteiger partial charge in [-0.1, -0.05) is 71.2 Å². The molecule has 0 radical (unpaired) electrons. The van der Waals surface area contributed by atoms with Crippen molar-refractivity contribution >= 4 is 30.6 Å². The van der Waals surface area contributed by atoms with Gasteiger partial charge in [-0.15, -0.1) is 0 Å². The van der Waals surface area contributed by atoms with Crippen LogP contribution in [0.15, 0.2) is 22.5 Å². The molecule has 1 nitrogen and oxygen atoms in total. The summed E-state index contributed by atoms with van der Waals surface area (Å²) in [5.41, 5.74) is 6.59. The summed E-state index contributed by atoms with van der Waals surface area (Å²) in [5, 5.41) is 0. The molecule has 4 aliphatic carbocycles. The maximum Gasteiger partial charge on any atom is 0.241 e. The SMILES string of the molecule is CC1=C(C)C[Si]([Si](C)(C)C)([Si](C)(C)C)C(/C(=C(/O[Si](C)(C)C)C23CC4CC(CC(C4)C2)C3)C(C)(C)C)C1. The third-order valence-electron chi connectivity index (χ3n) is 11.4. The lowest BCUT2D eigenvalue weighted by Crippen LogP contribution is -2.75. The molecule has 0 saturated heterocycles. The number of allylic oxidation sites excluding steroid dienone is 4. The van der Waals surface area contributed by atoms with Crippen LogP contribution in [0.25, 0.3) is 0 Å². The third-order valence-corrected chi connectivity index (χ3v) is 53.0. The number of hydrogen-bond acceptors (Lipinski definition) is 1. The highest BCUT2D eigenvalue weighted by atomic mass is 29.6. The third kappa shape index (κ3) is 5.30. The summed E-state index contributed by atoms with van der Waals surface area (Å²) in [6.45, 7) is 36.8. The van der Waals surface area contributed by atoms with E-state index in [1.165, 1.54) is 51.0 Å². The van der Waals surface area contributed by atoms with Crippen molar-refractivity contribution in [3.05, 3.63) is 22.5 Å². The standard InChI is InChI=1S/C32H62OSi4/c1-23-15-28(37(22-24(23)2,35(9,10)11)36(12,13)14)29(31(3,4)5)30(33-34(6,7)8)32-19-25-16-26(20-32)18-27(17-25)21-32/h25-28H,15-22H2,1-14H3/b30-29-. The molecular formula is C32H62OSi4. The van der Waals surface area contributed by atoms with Crippen molar-refractivity contribution in [3.8, 4) is 0 Å². The average molecular weight is 575 g/mol. The fourth-order valence-electron chi connectivity index (χ4n) is 10.6. The maximum absolute atomic E-state index is 7.60. The average Bonchev–Trinajstić information content (AvgIpc) is 2.65. The maximum atomic E-state index is 7.60. The first-order chi connectivity index (χ1) is 16.6. The summed E-state index contributed by atoms with van der Waals surface area (Å²) in [6.07, 6.45) is 10.1. The Morgan fingerprint density at radius 3 is 1.54 bits per heavy atom. The first kappa shape index (κ1) is 30.1. The van der Waals surface area contributed by atoms with Gasteiger partial charge in [-0.3, -0.25) is 0 Å². The van der Waals surface area contributed by atoms with Crippen LogP contribution in [0, 0.1) is 28.6 Å². The summed E-state index contributed by atoms with van der Waals surface area (Å²) in [6, 6.07) is 1.47. The molecule has 1 aliphatic heterocycles. The van der Waals surface area contributed by atoms with Gasteiger partial charge in [0.25, 0.3) is 0 Å². The van der Waals surface area contributed by atoms with E-state index in [1.54, 1.807) is 16.9 Å². The van der Waals surface area contributed by atoms with Crippen molar-refractivity contribution in [2.24, 2.45) is 28.6 Å². The first-order valence-corrected chi connectivity index (χ1v) is 30.4. The van der Waals surface area contributed by atoms with E-state index in [9.17, 15) is 0 Å². The second-order valence-corrected chi connectivity index (χ2v) is 50.6. The minimum absolute atomic E-state index is 0.159. The van der Waals surface area contributed by atoms with Crippen molar-refractivity contribution in [1.29, 1.82) is 0 Å². The molecule has 4 saturated carbocycles. The zero-order valence-corrected chi connectivity index (χ0v) is 31.4. The smallest absolute Gasteiger partial charge is 0.241 e. The van der Waals surface area contributed by atoms with E-state index in [0.717, 1.165) is 23.3 Å². The Hall–Kier alpha value is 0.148. The molecule has 0 aromatic rings. The lowest BCUT2D eigenvalue weighted by Gasteiger charge is -2.62. The van der Waals surface area contributed by atoms with Gasteiger partial charge in [-0.2, -0.15) is 0 Å². The van der Waals surface area contributed by atoms with Crippen molar-refractivity contribution in [1.82, 2.24) is 0 Å². The Morgan fingerprint density at radius 1 is 0.757 bits per heavy atom. The Kier molecular flexibility index (Phi) is 7.60. The molecular weight excluding hydrogens is 513 g/mol. The molecule has 1 unspecified atom stereocenters. The van der Waals surface area contributed by atoms with Crippen LogP contribution < -0.4 is 0 Å². The Bertz CT molecular complexity index is 911. The summed E-state index contributed by atoms with van der Waals surface area (Å²) < 4.78 is 7.60. The van der Waals surface area contributed by atoms with Crippen LogP contribution in [-0.4, -0.2) is 30.6 Å². The summed E-state index contributed by atoms with van der Waals surface area (Å²) in [4.78, 5) is 0. The molecule has 1 atom stereocenters. The zero-order chi connectivity index (χ0) is 28.0. The van der Waals surface area contributed by atoms with Crippen molar-refractivity contribution in [3.63, 3.8) is 0 Å². The number of rotatable bonds is 6. The van der Waals surface area contributed by atoms with Gasteiger partial charge in [-0.25, -0.2) is 0 Å². The van der Waals surface area contributed by atoms with Crippen molar-refractivity contribution < 1.29 is 4.43 Å². The topological polar surface area (TPSA) is 9.23 Å². The molecule has 212 valence electrons. The van der Waals surface area contributed by atoms with Crippen LogP contribution in [0.5, 0.6) is 0 Å². The number of hydrogen-bond donors (Lipinski definition) is 0. The van der Waals surface area contributed by atoms with Gasteiger partial charge in [0.15, 0.2) is 0 Å². The fourth-order valence-corrected chi connectivity index (χ4v) is 59.5. The monoisotopic (exact) mass is 574 g/mol. The Labute approximate surface area is 235 Å². The van der Waals surface area contributed by atoms with Gasteiger partial charge in [0.2, 0.25) is 8.32 Å². The van der Waals surface area contributed by atoms with E-state index in [2.05, 4.69) is 93.5 Å². The second-order valence-electron chi connectivity index (χ2n) is 18.4. The van der Waals surface area contributed by atoms with Gasteiger partial charge < -0.3 is 4.43 Å². The Morgan fingerprint density at radius 2 is 1.19 bits per heavy atom. The largest absolute Gasteiger partial charge is 0.547 e. The molecule has 0 N–H and O–H groups in total. The van der Waals surface area contributed by atoms with Gasteiger partial charge >= 0.3 is 0 Å². The molecule has 4 fully saturated rings. The van der Waals surface area contributed by atoms with E-state index in [0.29, 0.717) is 5.41 Å². The predicted molar refractivity (Wildman–Crippen MR) is 176 cm³/mol. The van der Waals surface area contributed by atoms with Crippen molar-refractivity contribution in [2.45, 2.75) is 150 Å². The summed E-state index contributed by atoms with van der Waals surface area (Å²) >= 11 is 0. The molecule has 5 rings (SSSR count). The second kappa shape index (κ2) is 9.34. The van der Waals surface area contributed by atoms with Crippen LogP contribution in [-0.2, 0) is 4.43 Å². The molecule has 1 heterocycles. The minimum Gasteiger partial charge on any atom is -0.547 e. The molecule has 0 amide bonds. The highest BCUT2D eigenvalue weighted by Gasteiger charge is 2.63. The fraction of sp³-hybridized carbons (Fsp3) is 0.875. The molecule has 37 heavy (non-hydrogen) atoms.